The Morgan fingerprint density at radius 1 is 1.28 bits per heavy atom. The summed E-state index contributed by atoms with van der Waals surface area (Å²) in [5, 5.41) is 12.1. The number of alkyl halides is 3. The van der Waals surface area contributed by atoms with Gasteiger partial charge in [0.15, 0.2) is 11.7 Å². The van der Waals surface area contributed by atoms with Crippen molar-refractivity contribution in [1.29, 1.82) is 0 Å². The third-order valence-corrected chi connectivity index (χ3v) is 9.66. The summed E-state index contributed by atoms with van der Waals surface area (Å²) in [6.45, 7) is 8.48. The maximum absolute atomic E-state index is 14.0. The van der Waals surface area contributed by atoms with Crippen LogP contribution in [0.15, 0.2) is 23.6 Å². The largest absolute Gasteiger partial charge is 0.462 e. The number of esters is 1. The summed E-state index contributed by atoms with van der Waals surface area (Å²) in [7, 11) is 0. The van der Waals surface area contributed by atoms with Gasteiger partial charge in [0.1, 0.15) is 10.8 Å². The number of ether oxygens (including phenoxy) is 1. The van der Waals surface area contributed by atoms with E-state index in [9.17, 15) is 22.8 Å². The lowest BCUT2D eigenvalue weighted by atomic mass is 9.72. The highest BCUT2D eigenvalue weighted by Gasteiger charge is 2.47. The first-order chi connectivity index (χ1) is 18.4. The second kappa shape index (κ2) is 10.3. The van der Waals surface area contributed by atoms with Crippen molar-refractivity contribution < 1.29 is 27.5 Å². The molecule has 1 amide bonds. The average Bonchev–Trinajstić information content (AvgIpc) is 3.59. The minimum absolute atomic E-state index is 0.0910. The second-order valence-corrected chi connectivity index (χ2v) is 13.1. The van der Waals surface area contributed by atoms with Gasteiger partial charge in [0.05, 0.1) is 18.2 Å². The lowest BCUT2D eigenvalue weighted by Gasteiger charge is -2.33. The molecular formula is C27H31F3N4O3S2. The Labute approximate surface area is 232 Å². The fourth-order valence-corrected chi connectivity index (χ4v) is 7.46. The van der Waals surface area contributed by atoms with E-state index in [1.165, 1.54) is 28.7 Å². The van der Waals surface area contributed by atoms with Crippen LogP contribution in [-0.2, 0) is 17.6 Å². The first-order valence-corrected chi connectivity index (χ1v) is 14.7. The third kappa shape index (κ3) is 5.45. The van der Waals surface area contributed by atoms with Crippen LogP contribution >= 0.6 is 22.7 Å². The van der Waals surface area contributed by atoms with Crippen LogP contribution in [0.3, 0.4) is 0 Å². The fraction of sp³-hybridized carbons (Fsp3) is 0.519. The molecule has 0 saturated heterocycles. The smallest absolute Gasteiger partial charge is 0.410 e. The average molecular weight is 581 g/mol. The van der Waals surface area contributed by atoms with Crippen molar-refractivity contribution in [3.05, 3.63) is 50.2 Å². The van der Waals surface area contributed by atoms with Gasteiger partial charge in [-0.2, -0.15) is 18.3 Å². The quantitative estimate of drug-likeness (QED) is 0.311. The first kappa shape index (κ1) is 27.7. The van der Waals surface area contributed by atoms with Crippen molar-refractivity contribution in [3.63, 3.8) is 0 Å². The van der Waals surface area contributed by atoms with Crippen molar-refractivity contribution in [2.45, 2.75) is 71.6 Å². The number of carbonyl (C=O) groups is 2. The number of halogens is 3. The lowest BCUT2D eigenvalue weighted by molar-refractivity contribution is -0.173. The van der Waals surface area contributed by atoms with Crippen LogP contribution in [0.5, 0.6) is 0 Å². The number of carbonyl (C=O) groups excluding carboxylic acids is 2. The van der Waals surface area contributed by atoms with E-state index < -0.39 is 30.1 Å². The van der Waals surface area contributed by atoms with Gasteiger partial charge < -0.3 is 15.4 Å². The van der Waals surface area contributed by atoms with E-state index >= 15 is 0 Å². The molecule has 2 N–H and O–H groups in total. The molecule has 0 unspecified atom stereocenters. The Hall–Kier alpha value is -2.86. The standard InChI is InChI=1S/C27H31F3N4O3S2/c1-5-37-25(36)22-15-9-8-14(26(2,3)4)11-19(15)39-24(22)32-23(35)17-13-21-31-16(18-7-6-10-38-18)12-20(27(28,29)30)34(21)33-17/h6-7,10,13-14,16,20,31H,5,8-9,11-12H2,1-4H3,(H,32,35)/t14-,16+,20+/m1/s1. The topological polar surface area (TPSA) is 85.2 Å². The normalized spacial score (nSPS) is 21.1. The van der Waals surface area contributed by atoms with Gasteiger partial charge >= 0.3 is 12.1 Å². The van der Waals surface area contributed by atoms with Crippen LogP contribution in [0.4, 0.5) is 24.0 Å². The van der Waals surface area contributed by atoms with E-state index in [0.717, 1.165) is 32.8 Å². The maximum atomic E-state index is 14.0. The summed E-state index contributed by atoms with van der Waals surface area (Å²) in [5.74, 6) is -0.648. The molecule has 3 aromatic heterocycles. The molecule has 12 heteroatoms. The van der Waals surface area contributed by atoms with Gasteiger partial charge in [0.2, 0.25) is 0 Å². The Balaban J connectivity index is 1.45. The Morgan fingerprint density at radius 3 is 2.69 bits per heavy atom. The molecule has 7 nitrogen and oxygen atoms in total. The summed E-state index contributed by atoms with van der Waals surface area (Å²) in [4.78, 5) is 28.1. The van der Waals surface area contributed by atoms with Crippen molar-refractivity contribution in [2.75, 3.05) is 17.2 Å². The van der Waals surface area contributed by atoms with E-state index in [2.05, 4.69) is 36.5 Å². The van der Waals surface area contributed by atoms with Crippen LogP contribution < -0.4 is 10.6 Å². The monoisotopic (exact) mass is 580 g/mol. The minimum Gasteiger partial charge on any atom is -0.462 e. The predicted molar refractivity (Wildman–Crippen MR) is 146 cm³/mol. The highest BCUT2D eigenvalue weighted by molar-refractivity contribution is 7.17. The molecule has 0 aromatic carbocycles. The molecule has 1 aliphatic carbocycles. The number of nitrogens with one attached hydrogen (secondary N) is 2. The van der Waals surface area contributed by atoms with E-state index in [4.69, 9.17) is 4.74 Å². The fourth-order valence-electron chi connectivity index (χ4n) is 5.36. The van der Waals surface area contributed by atoms with Gasteiger partial charge in [-0.15, -0.1) is 22.7 Å². The van der Waals surface area contributed by atoms with Crippen molar-refractivity contribution in [3.8, 4) is 0 Å². The van der Waals surface area contributed by atoms with Crippen LogP contribution in [0, 0.1) is 11.3 Å². The molecular weight excluding hydrogens is 549 g/mol. The predicted octanol–water partition coefficient (Wildman–Crippen LogP) is 7.25. The number of nitrogens with zero attached hydrogens (tertiary/aromatic N) is 2. The van der Waals surface area contributed by atoms with Gasteiger partial charge in [-0.25, -0.2) is 9.48 Å². The molecule has 0 bridgehead atoms. The molecule has 2 aliphatic rings. The summed E-state index contributed by atoms with van der Waals surface area (Å²) >= 11 is 2.71. The Kier molecular flexibility index (Phi) is 7.30. The number of thiophene rings is 2. The van der Waals surface area contributed by atoms with Crippen molar-refractivity contribution in [2.24, 2.45) is 11.3 Å². The highest BCUT2D eigenvalue weighted by atomic mass is 32.1. The molecule has 0 saturated carbocycles. The number of amides is 1. The van der Waals surface area contributed by atoms with Crippen molar-refractivity contribution >= 4 is 45.4 Å². The zero-order valence-electron chi connectivity index (χ0n) is 22.1. The molecule has 0 radical (unpaired) electrons. The van der Waals surface area contributed by atoms with Gasteiger partial charge in [-0.3, -0.25) is 4.79 Å². The molecule has 1 aliphatic heterocycles. The number of hydrogen-bond donors (Lipinski definition) is 2. The second-order valence-electron chi connectivity index (χ2n) is 11.1. The molecule has 3 aromatic rings. The van der Waals surface area contributed by atoms with Gasteiger partial charge in [-0.1, -0.05) is 26.8 Å². The van der Waals surface area contributed by atoms with E-state index in [-0.39, 0.29) is 30.0 Å². The van der Waals surface area contributed by atoms with Crippen molar-refractivity contribution in [1.82, 2.24) is 9.78 Å². The SMILES string of the molecule is CCOC(=O)c1c(NC(=O)c2cc3n(n2)[C@H](C(F)(F)F)C[C@@H](c2cccs2)N3)sc2c1CC[C@@H](C(C)(C)C)C2. The van der Waals surface area contributed by atoms with E-state index in [1.54, 1.807) is 19.1 Å². The number of hydrogen-bond acceptors (Lipinski definition) is 7. The molecule has 210 valence electrons. The zero-order chi connectivity index (χ0) is 28.1. The Morgan fingerprint density at radius 2 is 2.05 bits per heavy atom. The highest BCUT2D eigenvalue weighted by Crippen LogP contribution is 2.46. The molecule has 5 rings (SSSR count). The van der Waals surface area contributed by atoms with E-state index in [0.29, 0.717) is 22.9 Å². The summed E-state index contributed by atoms with van der Waals surface area (Å²) < 4.78 is 48.2. The molecule has 4 heterocycles. The minimum atomic E-state index is -4.54. The molecule has 0 spiro atoms. The summed E-state index contributed by atoms with van der Waals surface area (Å²) in [5.41, 5.74) is 1.15. The molecule has 39 heavy (non-hydrogen) atoms. The van der Waals surface area contributed by atoms with E-state index in [1.807, 2.05) is 5.38 Å². The lowest BCUT2D eigenvalue weighted by Crippen LogP contribution is -2.35. The maximum Gasteiger partial charge on any atom is 0.410 e. The van der Waals surface area contributed by atoms with Gasteiger partial charge in [-0.05, 0) is 54.5 Å². The van der Waals surface area contributed by atoms with Crippen LogP contribution in [0.25, 0.3) is 0 Å². The number of rotatable bonds is 5. The molecule has 3 atom stereocenters. The first-order valence-electron chi connectivity index (χ1n) is 13.0. The van der Waals surface area contributed by atoms with Gasteiger partial charge in [0.25, 0.3) is 5.91 Å². The Bertz CT molecular complexity index is 1370. The number of fused-ring (bicyclic) bond motifs is 2. The van der Waals surface area contributed by atoms with Crippen LogP contribution in [0.1, 0.15) is 88.8 Å². The number of anilines is 2. The summed E-state index contributed by atoms with van der Waals surface area (Å²) in [6, 6.07) is 2.49. The third-order valence-electron chi connectivity index (χ3n) is 7.51. The van der Waals surface area contributed by atoms with Crippen LogP contribution in [-0.4, -0.2) is 34.4 Å². The van der Waals surface area contributed by atoms with Gasteiger partial charge in [0, 0.05) is 22.2 Å². The van der Waals surface area contributed by atoms with Crippen LogP contribution in [0.2, 0.25) is 0 Å². The molecule has 0 fully saturated rings. The number of aromatic nitrogens is 2. The summed E-state index contributed by atoms with van der Waals surface area (Å²) in [6.07, 6.45) is -2.39. The zero-order valence-corrected chi connectivity index (χ0v) is 23.8.